The first-order valence-corrected chi connectivity index (χ1v) is 47.5. The molecule has 0 aromatic carbocycles. The molecule has 0 spiro atoms. The van der Waals surface area contributed by atoms with Crippen LogP contribution in [0.1, 0.15) is 459 Å². The predicted molar refractivity (Wildman–Crippen MR) is 432 cm³/mol. The number of rotatable bonds is 85. The average Bonchev–Trinajstić information content (AvgIpc) is 0.907. The maximum Gasteiger partial charge on any atom is 0.472 e. The van der Waals surface area contributed by atoms with Crippen molar-refractivity contribution in [1.82, 2.24) is 0 Å². The van der Waals surface area contributed by atoms with Crippen LogP contribution in [0.25, 0.3) is 0 Å². The smallest absolute Gasteiger partial charge is 0.462 e. The van der Waals surface area contributed by atoms with Crippen LogP contribution in [0.15, 0.2) is 0 Å². The summed E-state index contributed by atoms with van der Waals surface area (Å²) in [5.41, 5.74) is 0. The summed E-state index contributed by atoms with van der Waals surface area (Å²) in [4.78, 5) is 73.3. The van der Waals surface area contributed by atoms with E-state index in [-0.39, 0.29) is 25.7 Å². The van der Waals surface area contributed by atoms with E-state index in [1.54, 1.807) is 0 Å². The van der Waals surface area contributed by atoms with Crippen LogP contribution in [0.2, 0.25) is 0 Å². The number of hydrogen-bond acceptors (Lipinski definition) is 15. The molecule has 0 saturated carbocycles. The largest absolute Gasteiger partial charge is 0.472 e. The van der Waals surface area contributed by atoms with E-state index in [2.05, 4.69) is 41.5 Å². The fourth-order valence-corrected chi connectivity index (χ4v) is 15.0. The van der Waals surface area contributed by atoms with Crippen molar-refractivity contribution >= 4 is 39.5 Å². The highest BCUT2D eigenvalue weighted by molar-refractivity contribution is 7.47. The molecule has 0 rings (SSSR count). The molecule has 5 atom stereocenters. The van der Waals surface area contributed by atoms with Gasteiger partial charge in [0.2, 0.25) is 0 Å². The van der Waals surface area contributed by atoms with Crippen LogP contribution in [0.5, 0.6) is 0 Å². The second kappa shape index (κ2) is 77.4. The zero-order valence-electron chi connectivity index (χ0n) is 69.0. The standard InChI is InChI=1S/C86H168O17P2/c1-7-9-11-13-15-17-19-21-22-28-32-39-45-51-57-63-69-84(89)97-75-81(102-85(90)70-64-58-52-46-40-33-29-26-24-23-25-27-31-36-42-48-54-60-66-78(3)4)76-100-104(92,93)98-72-80(87)73-99-105(94,95)101-77-82(74-96-83(88)68-62-56-50-44-38-30-20-18-16-14-12-10-8-2)103-86(91)71-65-59-53-47-41-35-34-37-43-49-55-61-67-79(5)6/h78-82,87H,7-77H2,1-6H3,(H,92,93)(H,94,95)/t80-,81-,82-/m1/s1. The van der Waals surface area contributed by atoms with Gasteiger partial charge in [-0.05, 0) is 37.5 Å². The number of phosphoric acid groups is 2. The summed E-state index contributed by atoms with van der Waals surface area (Å²) in [6.07, 6.45) is 69.3. The predicted octanol–water partition coefficient (Wildman–Crippen LogP) is 26.2. The first-order chi connectivity index (χ1) is 50.9. The Kier molecular flexibility index (Phi) is 76.0. The number of ether oxygens (including phenoxy) is 4. The first-order valence-electron chi connectivity index (χ1n) is 44.5. The summed E-state index contributed by atoms with van der Waals surface area (Å²) < 4.78 is 68.9. The van der Waals surface area contributed by atoms with Crippen LogP contribution in [0.4, 0.5) is 0 Å². The van der Waals surface area contributed by atoms with Gasteiger partial charge < -0.3 is 33.8 Å². The monoisotopic (exact) mass is 1540 g/mol. The highest BCUT2D eigenvalue weighted by atomic mass is 31.2. The first kappa shape index (κ1) is 103. The van der Waals surface area contributed by atoms with Gasteiger partial charge in [-0.3, -0.25) is 37.3 Å². The van der Waals surface area contributed by atoms with Crippen molar-refractivity contribution in [2.75, 3.05) is 39.6 Å². The maximum atomic E-state index is 13.1. The van der Waals surface area contributed by atoms with E-state index in [9.17, 15) is 43.2 Å². The molecule has 0 fully saturated rings. The molecule has 17 nitrogen and oxygen atoms in total. The molecule has 0 aromatic heterocycles. The van der Waals surface area contributed by atoms with Gasteiger partial charge in [-0.2, -0.15) is 0 Å². The minimum Gasteiger partial charge on any atom is -0.462 e. The highest BCUT2D eigenvalue weighted by Gasteiger charge is 2.30. The zero-order chi connectivity index (χ0) is 77.1. The fraction of sp³-hybridized carbons (Fsp3) is 0.953. The molecule has 0 aliphatic rings. The lowest BCUT2D eigenvalue weighted by Crippen LogP contribution is -2.30. The third kappa shape index (κ3) is 79.9. The second-order valence-electron chi connectivity index (χ2n) is 31.9. The van der Waals surface area contributed by atoms with Gasteiger partial charge in [0.15, 0.2) is 12.2 Å². The maximum absolute atomic E-state index is 13.1. The summed E-state index contributed by atoms with van der Waals surface area (Å²) in [5.74, 6) is -0.502. The lowest BCUT2D eigenvalue weighted by Gasteiger charge is -2.21. The van der Waals surface area contributed by atoms with Crippen molar-refractivity contribution in [1.29, 1.82) is 0 Å². The number of carbonyl (C=O) groups excluding carboxylic acids is 4. The Balaban J connectivity index is 5.25. The van der Waals surface area contributed by atoms with E-state index in [1.165, 1.54) is 276 Å². The molecule has 105 heavy (non-hydrogen) atoms. The van der Waals surface area contributed by atoms with Crippen molar-refractivity contribution in [2.24, 2.45) is 11.8 Å². The van der Waals surface area contributed by atoms with Gasteiger partial charge in [-0.25, -0.2) is 9.13 Å². The summed E-state index contributed by atoms with van der Waals surface area (Å²) in [6, 6.07) is 0. The summed E-state index contributed by atoms with van der Waals surface area (Å²) in [5, 5.41) is 10.7. The molecule has 0 radical (unpaired) electrons. The van der Waals surface area contributed by atoms with Crippen molar-refractivity contribution < 1.29 is 80.2 Å². The van der Waals surface area contributed by atoms with Gasteiger partial charge in [0.25, 0.3) is 0 Å². The molecule has 0 aromatic rings. The van der Waals surface area contributed by atoms with Gasteiger partial charge in [0, 0.05) is 25.7 Å². The van der Waals surface area contributed by atoms with Crippen molar-refractivity contribution in [2.45, 2.75) is 477 Å². The topological polar surface area (TPSA) is 237 Å². The zero-order valence-corrected chi connectivity index (χ0v) is 70.8. The molecule has 624 valence electrons. The third-order valence-corrected chi connectivity index (χ3v) is 22.1. The molecule has 0 aliphatic heterocycles. The lowest BCUT2D eigenvalue weighted by atomic mass is 10.0. The molecule has 0 amide bonds. The Morgan fingerprint density at radius 2 is 0.438 bits per heavy atom. The molecular formula is C86H168O17P2. The molecular weight excluding hydrogens is 1370 g/mol. The molecule has 0 saturated heterocycles. The quantitative estimate of drug-likeness (QED) is 0.0222. The van der Waals surface area contributed by atoms with Crippen molar-refractivity contribution in [3.05, 3.63) is 0 Å². The van der Waals surface area contributed by atoms with Crippen LogP contribution in [0.3, 0.4) is 0 Å². The molecule has 2 unspecified atom stereocenters. The SMILES string of the molecule is CCCCCCCCCCCCCCCCCCC(=O)OC[C@H](COP(=O)(O)OC[C@@H](O)COP(=O)(O)OC[C@@H](COC(=O)CCCCCCCCCCCCCCC)OC(=O)CCCCCCCCCCCCCCC(C)C)OC(=O)CCCCCCCCCCCCCCCCCCCCC(C)C. The number of phosphoric ester groups is 2. The Morgan fingerprint density at radius 3 is 0.648 bits per heavy atom. The van der Waals surface area contributed by atoms with E-state index in [0.29, 0.717) is 25.7 Å². The number of carbonyl (C=O) groups is 4. The minimum absolute atomic E-state index is 0.108. The summed E-state index contributed by atoms with van der Waals surface area (Å²) >= 11 is 0. The van der Waals surface area contributed by atoms with E-state index in [0.717, 1.165) is 102 Å². The van der Waals surface area contributed by atoms with Gasteiger partial charge in [-0.15, -0.1) is 0 Å². The molecule has 3 N–H and O–H groups in total. The molecule has 19 heteroatoms. The van der Waals surface area contributed by atoms with Crippen LogP contribution in [0, 0.1) is 11.8 Å². The molecule has 0 aliphatic carbocycles. The fourth-order valence-electron chi connectivity index (χ4n) is 13.4. The van der Waals surface area contributed by atoms with Crippen molar-refractivity contribution in [3.63, 3.8) is 0 Å². The molecule has 0 heterocycles. The van der Waals surface area contributed by atoms with Crippen molar-refractivity contribution in [3.8, 4) is 0 Å². The lowest BCUT2D eigenvalue weighted by molar-refractivity contribution is -0.161. The van der Waals surface area contributed by atoms with Gasteiger partial charge >= 0.3 is 39.5 Å². The van der Waals surface area contributed by atoms with Crippen LogP contribution >= 0.6 is 15.6 Å². The number of aliphatic hydroxyl groups excluding tert-OH is 1. The van der Waals surface area contributed by atoms with Crippen LogP contribution in [-0.2, 0) is 65.4 Å². The summed E-state index contributed by atoms with van der Waals surface area (Å²) in [6.45, 7) is 9.72. The Hall–Kier alpha value is -1.94. The minimum atomic E-state index is -4.97. The Labute approximate surface area is 645 Å². The van der Waals surface area contributed by atoms with Gasteiger partial charge in [0.1, 0.15) is 19.3 Å². The normalized spacial score (nSPS) is 13.8. The molecule has 0 bridgehead atoms. The Morgan fingerprint density at radius 1 is 0.257 bits per heavy atom. The van der Waals surface area contributed by atoms with E-state index in [1.807, 2.05) is 0 Å². The van der Waals surface area contributed by atoms with Crippen LogP contribution in [-0.4, -0.2) is 96.7 Å². The number of hydrogen-bond donors (Lipinski definition) is 3. The third-order valence-electron chi connectivity index (χ3n) is 20.2. The van der Waals surface area contributed by atoms with Gasteiger partial charge in [0.05, 0.1) is 26.4 Å². The second-order valence-corrected chi connectivity index (χ2v) is 34.8. The van der Waals surface area contributed by atoms with Gasteiger partial charge in [-0.1, -0.05) is 408 Å². The van der Waals surface area contributed by atoms with E-state index in [4.69, 9.17) is 37.0 Å². The number of aliphatic hydroxyl groups is 1. The highest BCUT2D eigenvalue weighted by Crippen LogP contribution is 2.45. The average molecular weight is 1540 g/mol. The number of unbranched alkanes of at least 4 members (excludes halogenated alkanes) is 55. The van der Waals surface area contributed by atoms with Crippen LogP contribution < -0.4 is 0 Å². The van der Waals surface area contributed by atoms with E-state index >= 15 is 0 Å². The summed E-state index contributed by atoms with van der Waals surface area (Å²) in [7, 11) is -9.93. The number of esters is 4. The van der Waals surface area contributed by atoms with E-state index < -0.39 is 97.5 Å². The Bertz CT molecular complexity index is 2010.